The first kappa shape index (κ1) is 15.7. The van der Waals surface area contributed by atoms with E-state index >= 15 is 0 Å². The summed E-state index contributed by atoms with van der Waals surface area (Å²) in [6.07, 6.45) is 3.92. The fraction of sp³-hybridized carbons (Fsp3) is 0.471. The number of amides is 1. The first-order valence-electron chi connectivity index (χ1n) is 8.52. The van der Waals surface area contributed by atoms with Crippen LogP contribution in [-0.2, 0) is 30.8 Å². The van der Waals surface area contributed by atoms with Gasteiger partial charge in [0.2, 0.25) is 12.7 Å². The van der Waals surface area contributed by atoms with Crippen LogP contribution in [-0.4, -0.2) is 27.0 Å². The molecule has 25 heavy (non-hydrogen) atoms. The van der Waals surface area contributed by atoms with E-state index in [9.17, 15) is 9.59 Å². The van der Waals surface area contributed by atoms with Gasteiger partial charge in [-0.25, -0.2) is 9.48 Å². The molecule has 8 heteroatoms. The molecule has 3 heterocycles. The van der Waals surface area contributed by atoms with Crippen LogP contribution in [0.1, 0.15) is 30.7 Å². The topological polar surface area (TPSA) is 87.4 Å². The molecule has 1 aromatic heterocycles. The Morgan fingerprint density at radius 2 is 2.08 bits per heavy atom. The van der Waals surface area contributed by atoms with Gasteiger partial charge in [-0.2, -0.15) is 5.10 Å². The molecule has 0 spiro atoms. The molecule has 0 radical (unpaired) electrons. The van der Waals surface area contributed by atoms with Crippen molar-refractivity contribution in [3.05, 3.63) is 40.1 Å². The lowest BCUT2D eigenvalue weighted by molar-refractivity contribution is -0.122. The fourth-order valence-electron chi connectivity index (χ4n) is 3.17. The Bertz CT molecular complexity index is 855. The Labute approximate surface area is 144 Å². The van der Waals surface area contributed by atoms with Crippen molar-refractivity contribution in [3.8, 4) is 11.5 Å². The Morgan fingerprint density at radius 3 is 3.00 bits per heavy atom. The van der Waals surface area contributed by atoms with Gasteiger partial charge in [0.25, 0.3) is 0 Å². The zero-order chi connectivity index (χ0) is 17.2. The molecule has 0 unspecified atom stereocenters. The zero-order valence-corrected chi connectivity index (χ0v) is 13.9. The van der Waals surface area contributed by atoms with Gasteiger partial charge in [0.1, 0.15) is 12.4 Å². The van der Waals surface area contributed by atoms with E-state index in [2.05, 4.69) is 10.4 Å². The van der Waals surface area contributed by atoms with Gasteiger partial charge in [0.05, 0.1) is 0 Å². The van der Waals surface area contributed by atoms with E-state index in [4.69, 9.17) is 9.47 Å². The molecule has 1 amide bonds. The summed E-state index contributed by atoms with van der Waals surface area (Å²) in [5.41, 5.74) is 0.709. The van der Waals surface area contributed by atoms with Gasteiger partial charge in [-0.05, 0) is 30.5 Å². The summed E-state index contributed by atoms with van der Waals surface area (Å²) in [4.78, 5) is 24.5. The minimum absolute atomic E-state index is 0.0661. The van der Waals surface area contributed by atoms with Gasteiger partial charge in [-0.15, -0.1) is 0 Å². The van der Waals surface area contributed by atoms with Crippen molar-refractivity contribution in [3.63, 3.8) is 0 Å². The van der Waals surface area contributed by atoms with Crippen molar-refractivity contribution in [2.24, 2.45) is 0 Å². The molecule has 1 N–H and O–H groups in total. The summed E-state index contributed by atoms with van der Waals surface area (Å²) >= 11 is 0. The Balaban J connectivity index is 1.39. The molecule has 2 aliphatic heterocycles. The molecule has 1 aromatic carbocycles. The molecule has 2 aliphatic rings. The largest absolute Gasteiger partial charge is 0.454 e. The second-order valence-electron chi connectivity index (χ2n) is 6.28. The molecular weight excluding hydrogens is 324 g/mol. The van der Waals surface area contributed by atoms with Crippen LogP contribution in [0.5, 0.6) is 11.5 Å². The zero-order valence-electron chi connectivity index (χ0n) is 13.9. The molecule has 0 atom stereocenters. The van der Waals surface area contributed by atoms with E-state index in [0.29, 0.717) is 24.6 Å². The highest BCUT2D eigenvalue weighted by molar-refractivity contribution is 5.75. The summed E-state index contributed by atoms with van der Waals surface area (Å²) in [6.45, 7) is 1.20. The summed E-state index contributed by atoms with van der Waals surface area (Å²) < 4.78 is 13.5. The average molecular weight is 344 g/mol. The summed E-state index contributed by atoms with van der Waals surface area (Å²) in [5, 5.41) is 7.14. The predicted molar refractivity (Wildman–Crippen MR) is 88.5 cm³/mol. The quantitative estimate of drug-likeness (QED) is 0.887. The number of hydrogen-bond donors (Lipinski definition) is 1. The molecule has 0 saturated heterocycles. The fourth-order valence-corrected chi connectivity index (χ4v) is 3.17. The third kappa shape index (κ3) is 3.24. The lowest BCUT2D eigenvalue weighted by Crippen LogP contribution is -2.33. The maximum atomic E-state index is 12.4. The number of benzene rings is 1. The number of rotatable bonds is 4. The number of carbonyl (C=O) groups excluding carboxylic acids is 1. The van der Waals surface area contributed by atoms with Crippen LogP contribution in [0, 0.1) is 0 Å². The first-order chi connectivity index (χ1) is 12.2. The third-order valence-electron chi connectivity index (χ3n) is 4.50. The SMILES string of the molecule is O=C(Cn1nc2n(c1=O)CCCCC2)NCc1ccc2c(c1)OCO2. The maximum Gasteiger partial charge on any atom is 0.346 e. The molecule has 132 valence electrons. The van der Waals surface area contributed by atoms with E-state index in [1.165, 1.54) is 4.68 Å². The number of ether oxygens (including phenoxy) is 2. The lowest BCUT2D eigenvalue weighted by Gasteiger charge is -2.06. The number of hydrogen-bond acceptors (Lipinski definition) is 5. The molecule has 0 saturated carbocycles. The van der Waals surface area contributed by atoms with Crippen LogP contribution in [0.4, 0.5) is 0 Å². The van der Waals surface area contributed by atoms with E-state index in [1.54, 1.807) is 4.57 Å². The van der Waals surface area contributed by atoms with Gasteiger partial charge >= 0.3 is 5.69 Å². The Morgan fingerprint density at radius 1 is 1.20 bits per heavy atom. The standard InChI is InChI=1S/C17H20N4O4/c22-16(18-9-12-5-6-13-14(8-12)25-11-24-13)10-21-17(23)20-7-3-1-2-4-15(20)19-21/h5-6,8H,1-4,7,9-11H2,(H,18,22). The van der Waals surface area contributed by atoms with Crippen LogP contribution in [0.25, 0.3) is 0 Å². The highest BCUT2D eigenvalue weighted by Gasteiger charge is 2.17. The van der Waals surface area contributed by atoms with Gasteiger partial charge in [0.15, 0.2) is 11.5 Å². The van der Waals surface area contributed by atoms with Crippen LogP contribution >= 0.6 is 0 Å². The number of nitrogens with zero attached hydrogens (tertiary/aromatic N) is 3. The number of carbonyl (C=O) groups is 1. The van der Waals surface area contributed by atoms with Crippen molar-refractivity contribution >= 4 is 5.91 Å². The monoisotopic (exact) mass is 344 g/mol. The molecule has 0 fully saturated rings. The van der Waals surface area contributed by atoms with Crippen LogP contribution in [0.2, 0.25) is 0 Å². The normalized spacial score (nSPS) is 15.5. The van der Waals surface area contributed by atoms with E-state index < -0.39 is 0 Å². The number of nitrogens with one attached hydrogen (secondary N) is 1. The Hall–Kier alpha value is -2.77. The van der Waals surface area contributed by atoms with Gasteiger partial charge in [-0.1, -0.05) is 12.5 Å². The van der Waals surface area contributed by atoms with E-state index in [-0.39, 0.29) is 24.9 Å². The summed E-state index contributed by atoms with van der Waals surface area (Å²) in [6, 6.07) is 5.53. The highest BCUT2D eigenvalue weighted by atomic mass is 16.7. The molecule has 4 rings (SSSR count). The number of fused-ring (bicyclic) bond motifs is 2. The molecule has 8 nitrogen and oxygen atoms in total. The van der Waals surface area contributed by atoms with Gasteiger partial charge < -0.3 is 14.8 Å². The molecule has 0 aliphatic carbocycles. The smallest absolute Gasteiger partial charge is 0.346 e. The maximum absolute atomic E-state index is 12.4. The third-order valence-corrected chi connectivity index (χ3v) is 4.50. The van der Waals surface area contributed by atoms with Crippen LogP contribution in [0.15, 0.2) is 23.0 Å². The number of aryl methyl sites for hydroxylation is 1. The van der Waals surface area contributed by atoms with Crippen molar-refractivity contribution in [1.29, 1.82) is 0 Å². The van der Waals surface area contributed by atoms with Crippen molar-refractivity contribution in [2.45, 2.75) is 45.3 Å². The van der Waals surface area contributed by atoms with E-state index in [1.807, 2.05) is 18.2 Å². The second-order valence-corrected chi connectivity index (χ2v) is 6.28. The van der Waals surface area contributed by atoms with Crippen molar-refractivity contribution in [1.82, 2.24) is 19.7 Å². The summed E-state index contributed by atoms with van der Waals surface area (Å²) in [5.74, 6) is 1.93. The van der Waals surface area contributed by atoms with Gasteiger partial charge in [0, 0.05) is 19.5 Å². The van der Waals surface area contributed by atoms with Crippen molar-refractivity contribution < 1.29 is 14.3 Å². The minimum atomic E-state index is -0.243. The van der Waals surface area contributed by atoms with Crippen LogP contribution < -0.4 is 20.5 Å². The van der Waals surface area contributed by atoms with Crippen molar-refractivity contribution in [2.75, 3.05) is 6.79 Å². The minimum Gasteiger partial charge on any atom is -0.454 e. The predicted octanol–water partition coefficient (Wildman–Crippen LogP) is 0.816. The van der Waals surface area contributed by atoms with E-state index in [0.717, 1.165) is 37.1 Å². The van der Waals surface area contributed by atoms with Gasteiger partial charge in [-0.3, -0.25) is 9.36 Å². The molecule has 2 aromatic rings. The molecule has 0 bridgehead atoms. The highest BCUT2D eigenvalue weighted by Crippen LogP contribution is 2.32. The second kappa shape index (κ2) is 6.62. The summed E-state index contributed by atoms with van der Waals surface area (Å²) in [7, 11) is 0. The average Bonchev–Trinajstić information content (AvgIpc) is 3.10. The molecular formula is C17H20N4O4. The first-order valence-corrected chi connectivity index (χ1v) is 8.52. The lowest BCUT2D eigenvalue weighted by atomic mass is 10.2. The Kier molecular flexibility index (Phi) is 4.17. The number of aromatic nitrogens is 3. The van der Waals surface area contributed by atoms with Crippen LogP contribution in [0.3, 0.4) is 0 Å².